The predicted octanol–water partition coefficient (Wildman–Crippen LogP) is 1.36. The molecule has 0 heterocycles. The third-order valence-corrected chi connectivity index (χ3v) is 1.68. The largest absolute Gasteiger partial charge is 0.493 e. The molecule has 0 bridgehead atoms. The number of hydrogen-bond acceptors (Lipinski definition) is 3. The molecule has 68 valence electrons. The molecule has 0 unspecified atom stereocenters. The first-order valence-corrected chi connectivity index (χ1v) is 3.68. The topological polar surface area (TPSA) is 59.0 Å². The van der Waals surface area contributed by atoms with Crippen LogP contribution in [0.15, 0.2) is 18.2 Å². The maximum atomic E-state index is 13.1. The van der Waals surface area contributed by atoms with Gasteiger partial charge in [-0.1, -0.05) is 12.1 Å². The number of benzene rings is 1. The molecule has 1 aromatic carbocycles. The second-order valence-electron chi connectivity index (χ2n) is 2.47. The monoisotopic (exact) mass is 180 g/mol. The van der Waals surface area contributed by atoms with Crippen molar-refractivity contribution in [2.24, 2.45) is 5.73 Å². The fourth-order valence-corrected chi connectivity index (χ4v) is 1.06. The van der Waals surface area contributed by atoms with Crippen LogP contribution >= 0.6 is 0 Å². The van der Waals surface area contributed by atoms with Crippen molar-refractivity contribution in [2.75, 3.05) is 7.11 Å². The lowest BCUT2D eigenvalue weighted by molar-refractivity contribution is 0.380. The molecule has 1 aromatic rings. The Morgan fingerprint density at radius 3 is 2.85 bits per heavy atom. The molecule has 2 N–H and O–H groups in total. The van der Waals surface area contributed by atoms with Gasteiger partial charge in [-0.25, -0.2) is 4.39 Å². The Hall–Kier alpha value is -1.60. The lowest BCUT2D eigenvalue weighted by Gasteiger charge is -2.09. The van der Waals surface area contributed by atoms with Crippen LogP contribution < -0.4 is 10.5 Å². The first-order chi connectivity index (χ1) is 6.20. The summed E-state index contributed by atoms with van der Waals surface area (Å²) < 4.78 is 17.9. The van der Waals surface area contributed by atoms with Gasteiger partial charge in [0, 0.05) is 5.56 Å². The van der Waals surface area contributed by atoms with Crippen molar-refractivity contribution < 1.29 is 9.13 Å². The summed E-state index contributed by atoms with van der Waals surface area (Å²) >= 11 is 0. The van der Waals surface area contributed by atoms with E-state index in [1.807, 2.05) is 6.07 Å². The van der Waals surface area contributed by atoms with E-state index in [1.165, 1.54) is 19.2 Å². The van der Waals surface area contributed by atoms with Gasteiger partial charge in [0.1, 0.15) is 6.04 Å². The van der Waals surface area contributed by atoms with E-state index in [1.54, 1.807) is 6.07 Å². The van der Waals surface area contributed by atoms with Gasteiger partial charge in [-0.15, -0.1) is 0 Å². The van der Waals surface area contributed by atoms with Crippen LogP contribution in [-0.4, -0.2) is 7.11 Å². The third-order valence-electron chi connectivity index (χ3n) is 1.68. The Balaban J connectivity index is 3.21. The predicted molar refractivity (Wildman–Crippen MR) is 45.5 cm³/mol. The molecular weight excluding hydrogens is 171 g/mol. The van der Waals surface area contributed by atoms with Gasteiger partial charge < -0.3 is 10.5 Å². The summed E-state index contributed by atoms with van der Waals surface area (Å²) in [5.74, 6) is -0.470. The second kappa shape index (κ2) is 3.87. The van der Waals surface area contributed by atoms with Gasteiger partial charge in [0.25, 0.3) is 0 Å². The van der Waals surface area contributed by atoms with Gasteiger partial charge in [-0.05, 0) is 6.07 Å². The van der Waals surface area contributed by atoms with Gasteiger partial charge in [0.2, 0.25) is 0 Å². The van der Waals surface area contributed by atoms with Crippen molar-refractivity contribution in [2.45, 2.75) is 6.04 Å². The minimum absolute atomic E-state index is 0.0385. The summed E-state index contributed by atoms with van der Waals surface area (Å²) in [7, 11) is 1.34. The van der Waals surface area contributed by atoms with Gasteiger partial charge in [0.15, 0.2) is 11.6 Å². The molecule has 4 heteroatoms. The van der Waals surface area contributed by atoms with Crippen molar-refractivity contribution >= 4 is 0 Å². The summed E-state index contributed by atoms with van der Waals surface area (Å²) in [6, 6.07) is 5.27. The summed E-state index contributed by atoms with van der Waals surface area (Å²) in [4.78, 5) is 0. The Labute approximate surface area is 75.5 Å². The third kappa shape index (κ3) is 1.76. The number of methoxy groups -OCH3 is 1. The molecule has 1 atom stereocenters. The Morgan fingerprint density at radius 2 is 2.31 bits per heavy atom. The molecule has 0 saturated heterocycles. The average Bonchev–Trinajstić information content (AvgIpc) is 2.16. The first kappa shape index (κ1) is 9.49. The van der Waals surface area contributed by atoms with Gasteiger partial charge >= 0.3 is 0 Å². The number of nitriles is 1. The highest BCUT2D eigenvalue weighted by atomic mass is 19.1. The molecular formula is C9H9FN2O. The van der Waals surface area contributed by atoms with Crippen LogP contribution in [0.3, 0.4) is 0 Å². The van der Waals surface area contributed by atoms with Crippen molar-refractivity contribution in [1.82, 2.24) is 0 Å². The van der Waals surface area contributed by atoms with Crippen molar-refractivity contribution in [1.29, 1.82) is 5.26 Å². The minimum atomic E-state index is -0.856. The number of hydrogen-bond donors (Lipinski definition) is 1. The molecule has 13 heavy (non-hydrogen) atoms. The maximum absolute atomic E-state index is 13.1. The van der Waals surface area contributed by atoms with E-state index in [-0.39, 0.29) is 5.75 Å². The van der Waals surface area contributed by atoms with Crippen molar-refractivity contribution in [3.05, 3.63) is 29.6 Å². The number of rotatable bonds is 2. The smallest absolute Gasteiger partial charge is 0.165 e. The van der Waals surface area contributed by atoms with E-state index in [4.69, 9.17) is 15.7 Å². The van der Waals surface area contributed by atoms with Gasteiger partial charge in [-0.2, -0.15) is 5.26 Å². The van der Waals surface area contributed by atoms with E-state index in [2.05, 4.69) is 0 Å². The summed E-state index contributed by atoms with van der Waals surface area (Å²) in [5, 5.41) is 8.55. The zero-order chi connectivity index (χ0) is 9.84. The van der Waals surface area contributed by atoms with E-state index in [9.17, 15) is 4.39 Å². The lowest BCUT2D eigenvalue weighted by atomic mass is 10.1. The van der Waals surface area contributed by atoms with E-state index in [0.29, 0.717) is 5.56 Å². The van der Waals surface area contributed by atoms with Crippen LogP contribution in [-0.2, 0) is 0 Å². The standard InChI is InChI=1S/C9H9FN2O/c1-13-9-6(8(12)5-11)3-2-4-7(9)10/h2-4,8H,12H2,1H3/t8-/m1/s1. The molecule has 0 radical (unpaired) electrons. The Bertz CT molecular complexity index is 346. The van der Waals surface area contributed by atoms with Crippen LogP contribution in [0.1, 0.15) is 11.6 Å². The normalized spacial score (nSPS) is 11.8. The molecule has 0 aromatic heterocycles. The molecule has 0 aliphatic heterocycles. The van der Waals surface area contributed by atoms with Crippen LogP contribution in [0.2, 0.25) is 0 Å². The summed E-state index contributed by atoms with van der Waals surface area (Å²) in [5.41, 5.74) is 5.80. The molecule has 3 nitrogen and oxygen atoms in total. The maximum Gasteiger partial charge on any atom is 0.165 e. The zero-order valence-corrected chi connectivity index (χ0v) is 7.12. The summed E-state index contributed by atoms with van der Waals surface area (Å²) in [6.07, 6.45) is 0. The van der Waals surface area contributed by atoms with Crippen LogP contribution in [0, 0.1) is 17.1 Å². The number of para-hydroxylation sites is 1. The molecule has 0 spiro atoms. The number of nitrogens with zero attached hydrogens (tertiary/aromatic N) is 1. The van der Waals surface area contributed by atoms with Crippen LogP contribution in [0.4, 0.5) is 4.39 Å². The summed E-state index contributed by atoms with van der Waals surface area (Å²) in [6.45, 7) is 0. The number of ether oxygens (including phenoxy) is 1. The Kier molecular flexibility index (Phi) is 2.83. The minimum Gasteiger partial charge on any atom is -0.493 e. The average molecular weight is 180 g/mol. The quantitative estimate of drug-likeness (QED) is 0.747. The fraction of sp³-hybridized carbons (Fsp3) is 0.222. The highest BCUT2D eigenvalue weighted by Gasteiger charge is 2.13. The molecule has 0 saturated carbocycles. The number of halogens is 1. The SMILES string of the molecule is COc1c(F)cccc1[C@H](N)C#N. The highest BCUT2D eigenvalue weighted by Crippen LogP contribution is 2.26. The van der Waals surface area contributed by atoms with E-state index in [0.717, 1.165) is 0 Å². The highest BCUT2D eigenvalue weighted by molar-refractivity contribution is 5.39. The fourth-order valence-electron chi connectivity index (χ4n) is 1.06. The lowest BCUT2D eigenvalue weighted by Crippen LogP contribution is -2.09. The van der Waals surface area contributed by atoms with E-state index >= 15 is 0 Å². The number of nitrogens with two attached hydrogens (primary N) is 1. The molecule has 0 aliphatic carbocycles. The molecule has 1 rings (SSSR count). The van der Waals surface area contributed by atoms with Crippen LogP contribution in [0.5, 0.6) is 5.75 Å². The van der Waals surface area contributed by atoms with Gasteiger partial charge in [0.05, 0.1) is 13.2 Å². The molecule has 0 amide bonds. The molecule has 0 fully saturated rings. The van der Waals surface area contributed by atoms with Crippen molar-refractivity contribution in [3.63, 3.8) is 0 Å². The first-order valence-electron chi connectivity index (χ1n) is 3.68. The van der Waals surface area contributed by atoms with Crippen LogP contribution in [0.25, 0.3) is 0 Å². The zero-order valence-electron chi connectivity index (χ0n) is 7.12. The van der Waals surface area contributed by atoms with Crippen molar-refractivity contribution in [3.8, 4) is 11.8 Å². The van der Waals surface area contributed by atoms with Gasteiger partial charge in [-0.3, -0.25) is 0 Å². The van der Waals surface area contributed by atoms with E-state index < -0.39 is 11.9 Å². The molecule has 0 aliphatic rings. The second-order valence-corrected chi connectivity index (χ2v) is 2.47. The Morgan fingerprint density at radius 1 is 1.62 bits per heavy atom.